The summed E-state index contributed by atoms with van der Waals surface area (Å²) in [5, 5.41) is 9.19. The van der Waals surface area contributed by atoms with Crippen LogP contribution in [0.3, 0.4) is 0 Å². The zero-order chi connectivity index (χ0) is 12.4. The Kier molecular flexibility index (Phi) is 2.57. The maximum Gasteiger partial charge on any atom is 0.131 e. The van der Waals surface area contributed by atoms with Crippen molar-refractivity contribution in [1.29, 1.82) is 0 Å². The Hall–Kier alpha value is -2.55. The number of H-pyrrole nitrogens is 1. The van der Waals surface area contributed by atoms with Gasteiger partial charge in [-0.15, -0.1) is 0 Å². The topological polar surface area (TPSA) is 48.9 Å². The molecule has 0 aliphatic heterocycles. The minimum Gasteiger partial charge on any atom is -0.508 e. The summed E-state index contributed by atoms with van der Waals surface area (Å²) in [4.78, 5) is 7.68. The molecule has 0 radical (unpaired) electrons. The number of phenols is 1. The molecule has 0 atom stereocenters. The lowest BCUT2D eigenvalue weighted by Crippen LogP contribution is -1.74. The van der Waals surface area contributed by atoms with Gasteiger partial charge >= 0.3 is 0 Å². The molecule has 3 aromatic rings. The second-order valence-electron chi connectivity index (χ2n) is 4.06. The Balaban J connectivity index is 1.89. The molecule has 0 bridgehead atoms. The summed E-state index contributed by atoms with van der Waals surface area (Å²) in [6.07, 6.45) is 3.88. The molecular formula is C15H12N2O. The SMILES string of the molecule is Oc1ccc(C=Cc2nc3ccccc3[nH]2)cc1. The van der Waals surface area contributed by atoms with E-state index in [0.29, 0.717) is 0 Å². The number of nitrogens with one attached hydrogen (secondary N) is 1. The number of imidazole rings is 1. The molecule has 3 nitrogen and oxygen atoms in total. The number of aromatic hydroxyl groups is 1. The molecule has 0 unspecified atom stereocenters. The first-order chi connectivity index (χ1) is 8.81. The summed E-state index contributed by atoms with van der Waals surface area (Å²) in [5.74, 6) is 1.10. The van der Waals surface area contributed by atoms with E-state index in [9.17, 15) is 5.11 Å². The molecule has 18 heavy (non-hydrogen) atoms. The lowest BCUT2D eigenvalue weighted by molar-refractivity contribution is 0.475. The minimum atomic E-state index is 0.274. The molecule has 2 N–H and O–H groups in total. The van der Waals surface area contributed by atoms with Crippen molar-refractivity contribution >= 4 is 23.2 Å². The normalized spacial score (nSPS) is 11.3. The van der Waals surface area contributed by atoms with Crippen molar-refractivity contribution in [1.82, 2.24) is 9.97 Å². The highest BCUT2D eigenvalue weighted by molar-refractivity contribution is 5.78. The molecule has 0 aliphatic carbocycles. The average molecular weight is 236 g/mol. The number of para-hydroxylation sites is 2. The van der Waals surface area contributed by atoms with Crippen LogP contribution in [0.4, 0.5) is 0 Å². The van der Waals surface area contributed by atoms with E-state index in [4.69, 9.17) is 0 Å². The summed E-state index contributed by atoms with van der Waals surface area (Å²) < 4.78 is 0. The summed E-state index contributed by atoms with van der Waals surface area (Å²) >= 11 is 0. The smallest absolute Gasteiger partial charge is 0.131 e. The molecule has 0 saturated heterocycles. The van der Waals surface area contributed by atoms with Gasteiger partial charge in [0.2, 0.25) is 0 Å². The van der Waals surface area contributed by atoms with Crippen molar-refractivity contribution in [2.24, 2.45) is 0 Å². The molecule has 88 valence electrons. The van der Waals surface area contributed by atoms with Crippen LogP contribution in [0.1, 0.15) is 11.4 Å². The zero-order valence-electron chi connectivity index (χ0n) is 9.67. The number of fused-ring (bicyclic) bond motifs is 1. The molecule has 2 aromatic carbocycles. The van der Waals surface area contributed by atoms with Gasteiger partial charge in [0.1, 0.15) is 11.6 Å². The first kappa shape index (κ1) is 10.6. The van der Waals surface area contributed by atoms with Crippen molar-refractivity contribution < 1.29 is 5.11 Å². The first-order valence-corrected chi connectivity index (χ1v) is 5.73. The van der Waals surface area contributed by atoms with Crippen LogP contribution in [-0.2, 0) is 0 Å². The van der Waals surface area contributed by atoms with E-state index in [1.165, 1.54) is 0 Å². The molecule has 0 fully saturated rings. The third kappa shape index (κ3) is 2.11. The Bertz CT molecular complexity index is 663. The minimum absolute atomic E-state index is 0.274. The Morgan fingerprint density at radius 1 is 0.944 bits per heavy atom. The van der Waals surface area contributed by atoms with Gasteiger partial charge in [-0.25, -0.2) is 4.98 Å². The molecule has 0 saturated carbocycles. The predicted octanol–water partition coefficient (Wildman–Crippen LogP) is 3.44. The van der Waals surface area contributed by atoms with Gasteiger partial charge in [-0.1, -0.05) is 30.3 Å². The van der Waals surface area contributed by atoms with Gasteiger partial charge in [-0.2, -0.15) is 0 Å². The maximum atomic E-state index is 9.19. The number of rotatable bonds is 2. The van der Waals surface area contributed by atoms with E-state index >= 15 is 0 Å². The monoisotopic (exact) mass is 236 g/mol. The van der Waals surface area contributed by atoms with Gasteiger partial charge in [0.15, 0.2) is 0 Å². The highest BCUT2D eigenvalue weighted by Gasteiger charge is 1.97. The number of benzene rings is 2. The summed E-state index contributed by atoms with van der Waals surface area (Å²) in [6, 6.07) is 15.0. The fourth-order valence-corrected chi connectivity index (χ4v) is 1.81. The van der Waals surface area contributed by atoms with Crippen LogP contribution in [-0.4, -0.2) is 15.1 Å². The second-order valence-corrected chi connectivity index (χ2v) is 4.06. The molecule has 0 aliphatic rings. The van der Waals surface area contributed by atoms with E-state index in [-0.39, 0.29) is 5.75 Å². The van der Waals surface area contributed by atoms with E-state index in [1.807, 2.05) is 48.6 Å². The van der Waals surface area contributed by atoms with Crippen LogP contribution in [0.15, 0.2) is 48.5 Å². The summed E-state index contributed by atoms with van der Waals surface area (Å²) in [5.41, 5.74) is 3.01. The standard InChI is InChI=1S/C15H12N2O/c18-12-8-5-11(6-9-12)7-10-15-16-13-3-1-2-4-14(13)17-15/h1-10,18H,(H,16,17). The molecule has 0 spiro atoms. The zero-order valence-corrected chi connectivity index (χ0v) is 9.67. The molecule has 3 rings (SSSR count). The predicted molar refractivity (Wildman–Crippen MR) is 73.1 cm³/mol. The molecular weight excluding hydrogens is 224 g/mol. The van der Waals surface area contributed by atoms with Crippen LogP contribution in [0.5, 0.6) is 5.75 Å². The Morgan fingerprint density at radius 2 is 1.72 bits per heavy atom. The number of aromatic amines is 1. The van der Waals surface area contributed by atoms with Crippen molar-refractivity contribution in [2.45, 2.75) is 0 Å². The van der Waals surface area contributed by atoms with E-state index < -0.39 is 0 Å². The van der Waals surface area contributed by atoms with Crippen molar-refractivity contribution in [3.05, 3.63) is 59.9 Å². The fourth-order valence-electron chi connectivity index (χ4n) is 1.81. The van der Waals surface area contributed by atoms with E-state index in [2.05, 4.69) is 9.97 Å². The van der Waals surface area contributed by atoms with Gasteiger partial charge in [0, 0.05) is 0 Å². The van der Waals surface area contributed by atoms with Gasteiger partial charge in [-0.05, 0) is 35.9 Å². The molecule has 1 aromatic heterocycles. The third-order valence-electron chi connectivity index (χ3n) is 2.73. The van der Waals surface area contributed by atoms with Crippen LogP contribution >= 0.6 is 0 Å². The summed E-state index contributed by atoms with van der Waals surface area (Å²) in [6.45, 7) is 0. The largest absolute Gasteiger partial charge is 0.508 e. The molecule has 0 amide bonds. The second kappa shape index (κ2) is 4.37. The Morgan fingerprint density at radius 3 is 2.50 bits per heavy atom. The van der Waals surface area contributed by atoms with Crippen LogP contribution in [0, 0.1) is 0 Å². The van der Waals surface area contributed by atoms with Gasteiger partial charge in [0.25, 0.3) is 0 Å². The average Bonchev–Trinajstić information content (AvgIpc) is 2.81. The number of aromatic nitrogens is 2. The van der Waals surface area contributed by atoms with E-state index in [0.717, 1.165) is 22.4 Å². The van der Waals surface area contributed by atoms with Gasteiger partial charge in [0.05, 0.1) is 11.0 Å². The van der Waals surface area contributed by atoms with Gasteiger partial charge < -0.3 is 10.1 Å². The highest BCUT2D eigenvalue weighted by atomic mass is 16.3. The van der Waals surface area contributed by atoms with Crippen LogP contribution in [0.2, 0.25) is 0 Å². The van der Waals surface area contributed by atoms with Crippen molar-refractivity contribution in [2.75, 3.05) is 0 Å². The summed E-state index contributed by atoms with van der Waals surface area (Å²) in [7, 11) is 0. The van der Waals surface area contributed by atoms with E-state index in [1.54, 1.807) is 12.1 Å². The molecule has 3 heteroatoms. The van der Waals surface area contributed by atoms with Crippen molar-refractivity contribution in [3.8, 4) is 5.75 Å². The number of nitrogens with zero attached hydrogens (tertiary/aromatic N) is 1. The lowest BCUT2D eigenvalue weighted by Gasteiger charge is -1.93. The van der Waals surface area contributed by atoms with Crippen LogP contribution < -0.4 is 0 Å². The lowest BCUT2D eigenvalue weighted by atomic mass is 10.2. The quantitative estimate of drug-likeness (QED) is 0.716. The first-order valence-electron chi connectivity index (χ1n) is 5.73. The molecule has 1 heterocycles. The Labute approximate surface area is 104 Å². The highest BCUT2D eigenvalue weighted by Crippen LogP contribution is 2.14. The van der Waals surface area contributed by atoms with Crippen molar-refractivity contribution in [3.63, 3.8) is 0 Å². The number of hydrogen-bond acceptors (Lipinski definition) is 2. The third-order valence-corrected chi connectivity index (χ3v) is 2.73. The number of hydrogen-bond donors (Lipinski definition) is 2. The maximum absolute atomic E-state index is 9.19. The van der Waals surface area contributed by atoms with Gasteiger partial charge in [-0.3, -0.25) is 0 Å². The fraction of sp³-hybridized carbons (Fsp3) is 0. The van der Waals surface area contributed by atoms with Crippen LogP contribution in [0.25, 0.3) is 23.2 Å². The number of phenolic OH excluding ortho intramolecular Hbond substituents is 1.